The normalized spacial score (nSPS) is 29.9. The van der Waals surface area contributed by atoms with Crippen LogP contribution in [0.15, 0.2) is 10.5 Å². The fourth-order valence-corrected chi connectivity index (χ4v) is 5.90. The lowest BCUT2D eigenvalue weighted by molar-refractivity contribution is 0.0445. The number of phenols is 2. The average molecular weight is 374 g/mol. The third-order valence-corrected chi connectivity index (χ3v) is 7.09. The molecule has 4 rings (SSSR count). The van der Waals surface area contributed by atoms with Gasteiger partial charge in [0.15, 0.2) is 11.5 Å². The van der Waals surface area contributed by atoms with Crippen molar-refractivity contribution in [2.45, 2.75) is 64.4 Å². The summed E-state index contributed by atoms with van der Waals surface area (Å²) in [4.78, 5) is 0. The van der Waals surface area contributed by atoms with E-state index in [1.165, 1.54) is 6.07 Å². The first-order chi connectivity index (χ1) is 12.6. The van der Waals surface area contributed by atoms with Crippen LogP contribution in [0.5, 0.6) is 11.5 Å². The molecule has 146 valence electrons. The highest BCUT2D eigenvalue weighted by Gasteiger charge is 2.52. The van der Waals surface area contributed by atoms with Crippen LogP contribution in [0.25, 0.3) is 11.0 Å². The van der Waals surface area contributed by atoms with Crippen molar-refractivity contribution < 1.29 is 29.8 Å². The van der Waals surface area contributed by atoms with E-state index in [9.17, 15) is 25.4 Å². The highest BCUT2D eigenvalue weighted by Crippen LogP contribution is 2.59. The molecule has 0 radical (unpaired) electrons. The highest BCUT2D eigenvalue weighted by molar-refractivity contribution is 6.63. The molecule has 5 N–H and O–H groups in total. The molecule has 3 atom stereocenters. The SMILES string of the molecule is CC1(C)CCC[C@@]2(C)c3c(oc4c(B(O)O)c(O)c(O)cc34)C(O)CC[C@H]12. The van der Waals surface area contributed by atoms with Crippen molar-refractivity contribution in [3.8, 4) is 11.5 Å². The van der Waals surface area contributed by atoms with Gasteiger partial charge in [0, 0.05) is 10.9 Å². The van der Waals surface area contributed by atoms with Crippen molar-refractivity contribution in [2.24, 2.45) is 11.3 Å². The molecule has 1 aromatic heterocycles. The smallest absolute Gasteiger partial charge is 0.496 e. The minimum Gasteiger partial charge on any atom is -0.504 e. The van der Waals surface area contributed by atoms with Gasteiger partial charge >= 0.3 is 7.12 Å². The van der Waals surface area contributed by atoms with E-state index < -0.39 is 24.7 Å². The molecule has 2 aliphatic rings. The summed E-state index contributed by atoms with van der Waals surface area (Å²) in [5, 5.41) is 51.2. The standard InChI is InChI=1S/C20H27BO6/c1-19(2)7-4-8-20(3)13(19)6-5-11(22)18-14(20)10-9-12(23)16(24)15(21(25)26)17(10)27-18/h9,11,13,22-26H,4-8H2,1-3H3/t11?,13-,20-/m1/s1. The number of phenolic OH excluding ortho intramolecular Hbond substituents is 2. The molecule has 2 aliphatic carbocycles. The number of fused-ring (bicyclic) bond motifs is 5. The predicted octanol–water partition coefficient (Wildman–Crippen LogP) is 2.44. The lowest BCUT2D eigenvalue weighted by Gasteiger charge is -2.50. The number of hydrogen-bond donors (Lipinski definition) is 5. The van der Waals surface area contributed by atoms with Crippen LogP contribution in [-0.2, 0) is 5.41 Å². The Morgan fingerprint density at radius 2 is 1.81 bits per heavy atom. The van der Waals surface area contributed by atoms with Crippen LogP contribution >= 0.6 is 0 Å². The predicted molar refractivity (Wildman–Crippen MR) is 102 cm³/mol. The minimum atomic E-state index is -2.00. The van der Waals surface area contributed by atoms with Gasteiger partial charge in [-0.25, -0.2) is 0 Å². The molecule has 0 amide bonds. The lowest BCUT2D eigenvalue weighted by atomic mass is 9.53. The molecule has 1 aromatic carbocycles. The Labute approximate surface area is 158 Å². The summed E-state index contributed by atoms with van der Waals surface area (Å²) in [6.45, 7) is 6.71. The Kier molecular flexibility index (Phi) is 4.08. The number of rotatable bonds is 1. The van der Waals surface area contributed by atoms with E-state index in [0.29, 0.717) is 23.5 Å². The average Bonchev–Trinajstić information content (AvgIpc) is 2.88. The Balaban J connectivity index is 2.08. The Hall–Kier alpha value is -1.70. The number of hydrogen-bond acceptors (Lipinski definition) is 6. The Bertz CT molecular complexity index is 902. The maximum absolute atomic E-state index is 10.8. The maximum atomic E-state index is 10.8. The fourth-order valence-electron chi connectivity index (χ4n) is 5.90. The number of benzene rings is 1. The lowest BCUT2D eigenvalue weighted by Crippen LogP contribution is -2.44. The van der Waals surface area contributed by atoms with Crippen molar-refractivity contribution in [1.29, 1.82) is 0 Å². The largest absolute Gasteiger partial charge is 0.504 e. The zero-order chi connectivity index (χ0) is 19.7. The molecule has 1 unspecified atom stereocenters. The van der Waals surface area contributed by atoms with Crippen LogP contribution in [0.4, 0.5) is 0 Å². The second-order valence-corrected chi connectivity index (χ2v) is 9.15. The summed E-state index contributed by atoms with van der Waals surface area (Å²) < 4.78 is 5.95. The van der Waals surface area contributed by atoms with Crippen molar-refractivity contribution in [3.63, 3.8) is 0 Å². The Morgan fingerprint density at radius 3 is 2.48 bits per heavy atom. The molecular formula is C20H27BO6. The van der Waals surface area contributed by atoms with Gasteiger partial charge in [-0.2, -0.15) is 0 Å². The summed E-state index contributed by atoms with van der Waals surface area (Å²) in [7, 11) is -2.00. The Morgan fingerprint density at radius 1 is 1.11 bits per heavy atom. The second-order valence-electron chi connectivity index (χ2n) is 9.15. The van der Waals surface area contributed by atoms with Crippen LogP contribution in [0.3, 0.4) is 0 Å². The van der Waals surface area contributed by atoms with Crippen LogP contribution in [0.2, 0.25) is 0 Å². The van der Waals surface area contributed by atoms with Crippen LogP contribution in [0.1, 0.15) is 70.3 Å². The maximum Gasteiger partial charge on any atom is 0.496 e. The molecular weight excluding hydrogens is 347 g/mol. The summed E-state index contributed by atoms with van der Waals surface area (Å²) in [5.41, 5.74) is 0.504. The van der Waals surface area contributed by atoms with Gasteiger partial charge in [-0.1, -0.05) is 27.2 Å². The third kappa shape index (κ3) is 2.52. The van der Waals surface area contributed by atoms with E-state index in [2.05, 4.69) is 20.8 Å². The van der Waals surface area contributed by atoms with E-state index >= 15 is 0 Å². The molecule has 1 fully saturated rings. The summed E-state index contributed by atoms with van der Waals surface area (Å²) >= 11 is 0. The molecule has 0 aliphatic heterocycles. The van der Waals surface area contributed by atoms with E-state index in [1.807, 2.05) is 0 Å². The first kappa shape index (κ1) is 18.7. The molecule has 1 heterocycles. The van der Waals surface area contributed by atoms with Crippen LogP contribution in [0, 0.1) is 11.3 Å². The van der Waals surface area contributed by atoms with Gasteiger partial charge in [0.2, 0.25) is 0 Å². The molecule has 27 heavy (non-hydrogen) atoms. The van der Waals surface area contributed by atoms with Crippen LogP contribution in [-0.4, -0.2) is 32.5 Å². The first-order valence-electron chi connectivity index (χ1n) is 9.64. The van der Waals surface area contributed by atoms with E-state index in [0.717, 1.165) is 31.2 Å². The molecule has 1 saturated carbocycles. The van der Waals surface area contributed by atoms with Crippen molar-refractivity contribution in [1.82, 2.24) is 0 Å². The molecule has 0 spiro atoms. The number of aromatic hydroxyl groups is 2. The van der Waals surface area contributed by atoms with Gasteiger partial charge in [-0.3, -0.25) is 0 Å². The van der Waals surface area contributed by atoms with Gasteiger partial charge in [0.05, 0.1) is 5.46 Å². The van der Waals surface area contributed by atoms with Gasteiger partial charge in [-0.05, 0) is 48.5 Å². The molecule has 7 heteroatoms. The van der Waals surface area contributed by atoms with Crippen LogP contribution < -0.4 is 5.46 Å². The van der Waals surface area contributed by atoms with Crippen molar-refractivity contribution in [2.75, 3.05) is 0 Å². The highest BCUT2D eigenvalue weighted by atomic mass is 16.4. The zero-order valence-corrected chi connectivity index (χ0v) is 16.0. The first-order valence-corrected chi connectivity index (χ1v) is 9.64. The molecule has 6 nitrogen and oxygen atoms in total. The molecule has 0 bridgehead atoms. The fraction of sp³-hybridized carbons (Fsp3) is 0.600. The number of aliphatic hydroxyl groups excluding tert-OH is 1. The van der Waals surface area contributed by atoms with Gasteiger partial charge in [0.25, 0.3) is 0 Å². The number of furan rings is 1. The van der Waals surface area contributed by atoms with Gasteiger partial charge < -0.3 is 29.8 Å². The molecule has 2 aromatic rings. The van der Waals surface area contributed by atoms with E-state index in [-0.39, 0.29) is 21.9 Å². The second kappa shape index (κ2) is 5.90. The topological polar surface area (TPSA) is 114 Å². The third-order valence-electron chi connectivity index (χ3n) is 7.09. The number of aliphatic hydroxyl groups is 1. The quantitative estimate of drug-likeness (QED) is 0.387. The summed E-state index contributed by atoms with van der Waals surface area (Å²) in [6.07, 6.45) is 3.71. The molecule has 0 saturated heterocycles. The van der Waals surface area contributed by atoms with E-state index in [1.54, 1.807) is 0 Å². The summed E-state index contributed by atoms with van der Waals surface area (Å²) in [6, 6.07) is 1.42. The van der Waals surface area contributed by atoms with E-state index in [4.69, 9.17) is 4.42 Å². The van der Waals surface area contributed by atoms with Gasteiger partial charge in [-0.15, -0.1) is 0 Å². The van der Waals surface area contributed by atoms with Crippen molar-refractivity contribution >= 4 is 23.6 Å². The minimum absolute atomic E-state index is 0.0935. The zero-order valence-electron chi connectivity index (χ0n) is 16.0. The van der Waals surface area contributed by atoms with Gasteiger partial charge in [0.1, 0.15) is 17.4 Å². The monoisotopic (exact) mass is 374 g/mol. The van der Waals surface area contributed by atoms with Crippen molar-refractivity contribution in [3.05, 3.63) is 17.4 Å². The summed E-state index contributed by atoms with van der Waals surface area (Å²) in [5.74, 6) is -0.307.